The first kappa shape index (κ1) is 104. The Hall–Kier alpha value is -11.3. The second-order valence-electron chi connectivity index (χ2n) is 27.4. The fourth-order valence-electron chi connectivity index (χ4n) is 10.9. The molecule has 636 valence electrons. The molecule has 8 aromatic rings. The minimum Gasteiger partial charge on any atom is -0.399 e. The van der Waals surface area contributed by atoms with E-state index in [4.69, 9.17) is 34.1 Å². The number of amidine groups is 3. The third-order valence-corrected chi connectivity index (χ3v) is 19.3. The summed E-state index contributed by atoms with van der Waals surface area (Å²) in [7, 11) is 0. The second-order valence-corrected chi connectivity index (χ2v) is 30.7. The first-order valence-electron chi connectivity index (χ1n) is 35.9. The predicted molar refractivity (Wildman–Crippen MR) is 461 cm³/mol. The lowest BCUT2D eigenvalue weighted by Crippen LogP contribution is -2.29. The van der Waals surface area contributed by atoms with E-state index in [-0.39, 0.29) is 122 Å². The van der Waals surface area contributed by atoms with Gasteiger partial charge < -0.3 is 33.8 Å². The Morgan fingerprint density at radius 2 is 0.849 bits per heavy atom. The number of thioether (sulfide) groups is 3. The molecule has 2 aliphatic rings. The summed E-state index contributed by atoms with van der Waals surface area (Å²) >= 11 is 4.17. The number of hydrogen-bond acceptors (Lipinski definition) is 21. The number of nitrogen functional groups attached to an aromatic ring is 2. The van der Waals surface area contributed by atoms with E-state index in [0.29, 0.717) is 68.1 Å². The maximum Gasteiger partial charge on any atom is 0.270 e. The van der Waals surface area contributed by atoms with E-state index in [2.05, 4.69) is 16.6 Å². The van der Waals surface area contributed by atoms with Crippen LogP contribution < -0.4 is 28.7 Å². The van der Waals surface area contributed by atoms with Crippen LogP contribution in [-0.4, -0.2) is 89.1 Å². The zero-order chi connectivity index (χ0) is 89.3. The molecule has 0 bridgehead atoms. The number of allylic oxidation sites excluding steroid dienone is 1. The number of carbonyl (C=O) groups is 8. The number of rotatable bonds is 20. The van der Waals surface area contributed by atoms with E-state index >= 15 is 0 Å². The monoisotopic (exact) mass is 1730 g/mol. The molecule has 3 unspecified atom stereocenters. The topological polar surface area (TPSA) is 379 Å². The molecule has 0 saturated carbocycles. The molecule has 0 radical (unpaired) electrons. The molecule has 2 aliphatic heterocycles. The van der Waals surface area contributed by atoms with Gasteiger partial charge in [-0.1, -0.05) is 96.5 Å². The van der Waals surface area contributed by atoms with Gasteiger partial charge in [0.25, 0.3) is 5.69 Å². The highest BCUT2D eigenvalue weighted by Crippen LogP contribution is 2.39. The van der Waals surface area contributed by atoms with Crippen LogP contribution >= 0.6 is 47.7 Å². The number of Topliss-reactive ketones (excluding diaryl/α,β-unsaturated/α-hetero) is 8. The summed E-state index contributed by atoms with van der Waals surface area (Å²) in [4.78, 5) is 105. The van der Waals surface area contributed by atoms with Crippen LogP contribution in [0.15, 0.2) is 180 Å². The highest BCUT2D eigenvalue weighted by molar-refractivity contribution is 8.14. The van der Waals surface area contributed by atoms with Crippen LogP contribution in [0, 0.1) is 62.1 Å². The average molecular weight is 1730 g/mol. The summed E-state index contributed by atoms with van der Waals surface area (Å²) in [5.41, 5.74) is 31.1. The van der Waals surface area contributed by atoms with Crippen LogP contribution in [0.3, 0.4) is 0 Å². The average Bonchev–Trinajstić information content (AvgIpc) is 0.794. The molecule has 0 aliphatic carbocycles. The molecule has 0 aromatic heterocycles. The summed E-state index contributed by atoms with van der Waals surface area (Å²) in [5, 5.41) is 28.3. The quantitative estimate of drug-likeness (QED) is 0.00544. The summed E-state index contributed by atoms with van der Waals surface area (Å²) < 4.78 is 106. The fraction of sp³-hybridized carbons (Fsp3) is 0.276. The van der Waals surface area contributed by atoms with Gasteiger partial charge in [-0.15, -0.1) is 12.4 Å². The molecule has 0 spiro atoms. The molecular weight excluding hydrogens is 1630 g/mol. The van der Waals surface area contributed by atoms with Gasteiger partial charge in [0.05, 0.1) is 38.3 Å². The summed E-state index contributed by atoms with van der Waals surface area (Å²) in [6, 6.07) is 35.3. The molecule has 119 heavy (non-hydrogen) atoms. The number of halogens is 9. The molecule has 12 N–H and O–H groups in total. The van der Waals surface area contributed by atoms with Crippen LogP contribution in [0.25, 0.3) is 5.57 Å². The molecule has 3 atom stereocenters. The Labute approximate surface area is 704 Å². The Balaban J connectivity index is 0.000000464. The number of nitrogens with two attached hydrogens (primary N) is 5. The number of nitro groups is 1. The lowest BCUT2D eigenvalue weighted by molar-refractivity contribution is -0.384. The van der Waals surface area contributed by atoms with Gasteiger partial charge in [-0.25, -0.2) is 35.1 Å². The standard InChI is InChI=1S/2C14H17FN2OS.C13H15FO2.C11H14FN3S.C11H11FO2.C8H6FNO3.C8H8FNO.C8H7FO.ClH/c1-9(18)7-10-3-4-12(15)11(8-10)14(2)5-6-19-13(16)17-14;1-9(5-6-19-14(16)17)12-8-11(7-10(2)18)3-4-13(12)15;1-4-13(3,16)11-8-10(7-9(2)15)5-6-12(11)14;1-11(4-5-16-10(14)15-11)8-6-7(13)2-3-9(8)12;1-7(13)5-9-3-4-11(12)10(6-9)8(2)14;1-5(11)7-4-6(10(12)13)2-3-8(7)9;1-5(11)7-4-6(10)2-3-8(7)9;1-6(10)7-4-2-3-5-8(7)9;/h3-4,8H,5-7H2,1-2H3,(H2,16,17);3-5,8H,6-7H2,1-2H3,(H3,16,17);4-6,8,16H,1,7H2,2-3H3;2-3,6H,4-5,13H2,1H3,(H2,14,15);3-4,6H,5H2,1-2H3;2-4H,1H3;2-4H,10H2,1H3;2-5H,1H3;1H/b;9-5+;;;;;;;. The number of benzene rings is 8. The van der Waals surface area contributed by atoms with E-state index in [0.717, 1.165) is 66.2 Å². The van der Waals surface area contributed by atoms with Crippen molar-refractivity contribution in [2.45, 2.75) is 138 Å². The van der Waals surface area contributed by atoms with Crippen molar-refractivity contribution in [3.05, 3.63) is 294 Å². The predicted octanol–water partition coefficient (Wildman–Crippen LogP) is 18.2. The van der Waals surface area contributed by atoms with Crippen LogP contribution in [-0.2, 0) is 61.5 Å². The van der Waals surface area contributed by atoms with Crippen molar-refractivity contribution in [1.82, 2.24) is 0 Å². The summed E-state index contributed by atoms with van der Waals surface area (Å²) in [6.45, 7) is 21.5. The van der Waals surface area contributed by atoms with E-state index < -0.39 is 56.5 Å². The van der Waals surface area contributed by atoms with Gasteiger partial charge in [0.15, 0.2) is 38.6 Å². The van der Waals surface area contributed by atoms with Gasteiger partial charge in [0, 0.05) is 88.7 Å². The number of aliphatic hydroxyl groups is 1. The van der Waals surface area contributed by atoms with Gasteiger partial charge in [-0.05, 0) is 221 Å². The molecule has 32 heteroatoms. The smallest absolute Gasteiger partial charge is 0.270 e. The molecule has 0 saturated heterocycles. The summed E-state index contributed by atoms with van der Waals surface area (Å²) in [6.07, 6.45) is 5.68. The Morgan fingerprint density at radius 1 is 0.504 bits per heavy atom. The Morgan fingerprint density at radius 3 is 1.24 bits per heavy atom. The highest BCUT2D eigenvalue weighted by Gasteiger charge is 2.34. The van der Waals surface area contributed by atoms with Crippen molar-refractivity contribution in [1.29, 1.82) is 5.41 Å². The van der Waals surface area contributed by atoms with Gasteiger partial charge in [-0.2, -0.15) is 0 Å². The molecular formula is C87H96ClF8N9O11S3. The Kier molecular flexibility index (Phi) is 42.9. The van der Waals surface area contributed by atoms with E-state index in [1.807, 2.05) is 19.9 Å². The van der Waals surface area contributed by atoms with Gasteiger partial charge in [-0.3, -0.25) is 63.9 Å². The maximum absolute atomic E-state index is 14.1. The maximum atomic E-state index is 14.1. The number of hydrogen-bond donors (Lipinski definition) is 7. The Bertz CT molecular complexity index is 5130. The minimum atomic E-state index is -1.42. The fourth-order valence-corrected chi connectivity index (χ4v) is 13.4. The van der Waals surface area contributed by atoms with Crippen LogP contribution in [0.5, 0.6) is 0 Å². The molecule has 2 heterocycles. The lowest BCUT2D eigenvalue weighted by Gasteiger charge is -2.30. The van der Waals surface area contributed by atoms with Crippen molar-refractivity contribution < 1.29 is 83.5 Å². The van der Waals surface area contributed by atoms with Crippen molar-refractivity contribution in [3.63, 3.8) is 0 Å². The van der Waals surface area contributed by atoms with Crippen molar-refractivity contribution >= 4 is 132 Å². The zero-order valence-electron chi connectivity index (χ0n) is 67.6. The first-order valence-corrected chi connectivity index (χ1v) is 38.9. The number of anilines is 2. The van der Waals surface area contributed by atoms with Gasteiger partial charge in [0.2, 0.25) is 0 Å². The number of nitrogens with one attached hydrogen (secondary N) is 1. The van der Waals surface area contributed by atoms with Crippen LogP contribution in [0.1, 0.15) is 182 Å². The largest absolute Gasteiger partial charge is 0.399 e. The van der Waals surface area contributed by atoms with E-state index in [1.165, 1.54) is 176 Å². The highest BCUT2D eigenvalue weighted by atomic mass is 35.5. The van der Waals surface area contributed by atoms with Gasteiger partial charge >= 0.3 is 0 Å². The third-order valence-electron chi connectivity index (χ3n) is 17.0. The van der Waals surface area contributed by atoms with Crippen molar-refractivity contribution in [2.75, 3.05) is 28.7 Å². The molecule has 10 rings (SSSR count). The molecule has 0 fully saturated rings. The first-order chi connectivity index (χ1) is 55.0. The SMILES string of the molecule is C=CC(C)(O)c1cc(CC(C)=O)ccc1F.CC(=O)Cc1ccc(F)c(/C(C)=C/CSC(=N)N)c1.CC(=O)Cc1ccc(F)c(C(C)=O)c1.CC(=O)Cc1ccc(F)c(C2(C)CCSC(N)=N2)c1.CC(=O)c1cc(N)ccc1F.CC(=O)c1cc([N+](=O)[O-])ccc1F.CC(=O)c1ccccc1F.CC1(c2cc(N)ccc2F)CCSC(N)=N1.Cl. The van der Waals surface area contributed by atoms with Crippen molar-refractivity contribution in [3.8, 4) is 0 Å². The van der Waals surface area contributed by atoms with Crippen molar-refractivity contribution in [2.24, 2.45) is 27.2 Å². The normalized spacial score (nSPS) is 14.7. The van der Waals surface area contributed by atoms with E-state index in [1.54, 1.807) is 61.5 Å². The number of non-ortho nitro benzene ring substituents is 1. The van der Waals surface area contributed by atoms with Gasteiger partial charge in [0.1, 0.15) is 75.3 Å². The number of nitrogens with zero attached hydrogens (tertiary/aromatic N) is 3. The number of ketones is 8. The zero-order valence-corrected chi connectivity index (χ0v) is 70.8. The van der Waals surface area contributed by atoms with E-state index in [9.17, 15) is 88.7 Å². The molecule has 0 amide bonds. The molecule has 8 aromatic carbocycles. The number of aliphatic imine (C=N–C) groups is 2. The number of carbonyl (C=O) groups excluding carboxylic acids is 8. The minimum absolute atomic E-state index is 0. The number of nitro benzene ring substituents is 1. The van der Waals surface area contributed by atoms with Crippen LogP contribution in [0.4, 0.5) is 52.2 Å². The molecule has 20 nitrogen and oxygen atoms in total. The van der Waals surface area contributed by atoms with Crippen LogP contribution in [0.2, 0.25) is 0 Å². The second kappa shape index (κ2) is 49.2. The summed E-state index contributed by atoms with van der Waals surface area (Å²) in [5.74, 6) is -2.74. The third kappa shape index (κ3) is 35.5. The lowest BCUT2D eigenvalue weighted by atomic mass is 9.87.